The molecule has 4 N–H and O–H groups in total. The molecule has 2 aromatic carbocycles. The molecule has 2 aromatic rings. The number of benzene rings is 2. The zero-order chi connectivity index (χ0) is 17.0. The number of hydrogen-bond acceptors (Lipinski definition) is 6. The number of anilines is 1. The summed E-state index contributed by atoms with van der Waals surface area (Å²) in [4.78, 5) is 33.8. The lowest BCUT2D eigenvalue weighted by molar-refractivity contribution is -0.384. The van der Waals surface area contributed by atoms with Crippen molar-refractivity contribution in [1.29, 1.82) is 0 Å². The number of non-ortho nitro benzene ring substituents is 1. The Balaban J connectivity index is 2.31. The minimum Gasteiger partial charge on any atom is -0.444 e. The zero-order valence-electron chi connectivity index (χ0n) is 11.8. The van der Waals surface area contributed by atoms with E-state index in [1.54, 1.807) is 30.3 Å². The van der Waals surface area contributed by atoms with E-state index in [2.05, 4.69) is 0 Å². The first-order chi connectivity index (χ1) is 10.9. The van der Waals surface area contributed by atoms with Gasteiger partial charge in [-0.2, -0.15) is 0 Å². The number of nitrogens with zero attached hydrogens (tertiary/aromatic N) is 1. The second kappa shape index (κ2) is 6.56. The van der Waals surface area contributed by atoms with Gasteiger partial charge >= 0.3 is 5.97 Å². The van der Waals surface area contributed by atoms with Gasteiger partial charge in [0.15, 0.2) is 0 Å². The van der Waals surface area contributed by atoms with E-state index in [4.69, 9.17) is 16.2 Å². The summed E-state index contributed by atoms with van der Waals surface area (Å²) in [7, 11) is 0. The number of rotatable bonds is 5. The number of amides is 1. The summed E-state index contributed by atoms with van der Waals surface area (Å²) in [5.74, 6) is -1.84. The monoisotopic (exact) mass is 315 g/mol. The van der Waals surface area contributed by atoms with Gasteiger partial charge in [-0.3, -0.25) is 14.9 Å². The average molecular weight is 315 g/mol. The summed E-state index contributed by atoms with van der Waals surface area (Å²) in [6, 6.07) is 11.5. The number of nitrogens with two attached hydrogens (primary N) is 2. The number of nitro groups is 1. The Morgan fingerprint density at radius 1 is 1.13 bits per heavy atom. The number of nitro benzene ring substituents is 1. The smallest absolute Gasteiger partial charge is 0.341 e. The maximum absolute atomic E-state index is 12.2. The van der Waals surface area contributed by atoms with Gasteiger partial charge in [-0.15, -0.1) is 0 Å². The van der Waals surface area contributed by atoms with Gasteiger partial charge in [-0.25, -0.2) is 4.79 Å². The highest BCUT2D eigenvalue weighted by Crippen LogP contribution is 2.24. The maximum atomic E-state index is 12.2. The van der Waals surface area contributed by atoms with E-state index in [-0.39, 0.29) is 16.9 Å². The van der Waals surface area contributed by atoms with E-state index in [1.165, 1.54) is 6.07 Å². The Hall–Kier alpha value is -3.42. The third-order valence-corrected chi connectivity index (χ3v) is 3.05. The number of hydrogen-bond donors (Lipinski definition) is 2. The molecular weight excluding hydrogens is 302 g/mol. The van der Waals surface area contributed by atoms with E-state index in [9.17, 15) is 19.7 Å². The number of carbonyl (C=O) groups is 2. The molecule has 0 radical (unpaired) electrons. The average Bonchev–Trinajstić information content (AvgIpc) is 2.53. The van der Waals surface area contributed by atoms with Gasteiger partial charge in [-0.1, -0.05) is 30.3 Å². The number of esters is 1. The van der Waals surface area contributed by atoms with Crippen LogP contribution in [0.1, 0.15) is 22.0 Å². The molecule has 1 unspecified atom stereocenters. The van der Waals surface area contributed by atoms with Crippen molar-refractivity contribution >= 4 is 23.3 Å². The summed E-state index contributed by atoms with van der Waals surface area (Å²) >= 11 is 0. The van der Waals surface area contributed by atoms with Crippen molar-refractivity contribution in [2.45, 2.75) is 6.10 Å². The Morgan fingerprint density at radius 3 is 2.35 bits per heavy atom. The topological polar surface area (TPSA) is 139 Å². The van der Waals surface area contributed by atoms with Crippen LogP contribution in [-0.2, 0) is 9.53 Å². The van der Waals surface area contributed by atoms with Gasteiger partial charge in [0.1, 0.15) is 0 Å². The molecule has 1 amide bonds. The van der Waals surface area contributed by atoms with E-state index in [1.807, 2.05) is 0 Å². The van der Waals surface area contributed by atoms with Crippen molar-refractivity contribution in [1.82, 2.24) is 0 Å². The highest BCUT2D eigenvalue weighted by Gasteiger charge is 2.25. The van der Waals surface area contributed by atoms with Gasteiger partial charge in [-0.05, 0) is 6.07 Å². The molecule has 118 valence electrons. The van der Waals surface area contributed by atoms with Crippen LogP contribution < -0.4 is 11.5 Å². The van der Waals surface area contributed by atoms with Gasteiger partial charge in [0.05, 0.1) is 10.5 Å². The first-order valence-electron chi connectivity index (χ1n) is 6.49. The summed E-state index contributed by atoms with van der Waals surface area (Å²) in [6.45, 7) is 0. The van der Waals surface area contributed by atoms with Crippen LogP contribution in [0.3, 0.4) is 0 Å². The lowest BCUT2D eigenvalue weighted by atomic mass is 10.1. The van der Waals surface area contributed by atoms with Crippen LogP contribution in [0.2, 0.25) is 0 Å². The van der Waals surface area contributed by atoms with Crippen molar-refractivity contribution in [3.63, 3.8) is 0 Å². The normalized spacial score (nSPS) is 11.5. The molecule has 0 aliphatic rings. The van der Waals surface area contributed by atoms with E-state index < -0.39 is 22.9 Å². The molecule has 0 heterocycles. The Bertz CT molecular complexity index is 761. The molecule has 0 saturated heterocycles. The predicted molar refractivity (Wildman–Crippen MR) is 81.3 cm³/mol. The van der Waals surface area contributed by atoms with Crippen LogP contribution in [0.15, 0.2) is 48.5 Å². The first kappa shape index (κ1) is 16.0. The number of ether oxygens (including phenoxy) is 1. The summed E-state index contributed by atoms with van der Waals surface area (Å²) in [5.41, 5.74) is 10.8. The molecule has 0 bridgehead atoms. The largest absolute Gasteiger partial charge is 0.444 e. The molecule has 0 aliphatic carbocycles. The molecule has 0 saturated carbocycles. The molecule has 0 fully saturated rings. The van der Waals surface area contributed by atoms with Crippen LogP contribution >= 0.6 is 0 Å². The van der Waals surface area contributed by atoms with Crippen molar-refractivity contribution in [3.8, 4) is 0 Å². The summed E-state index contributed by atoms with van der Waals surface area (Å²) < 4.78 is 5.08. The SMILES string of the molecule is NC(=O)C(OC(=O)c1cc([N+](=O)[O-])ccc1N)c1ccccc1. The fourth-order valence-corrected chi connectivity index (χ4v) is 1.92. The van der Waals surface area contributed by atoms with E-state index in [0.717, 1.165) is 12.1 Å². The van der Waals surface area contributed by atoms with E-state index >= 15 is 0 Å². The molecule has 0 aliphatic heterocycles. The molecule has 1 atom stereocenters. The molecule has 0 aromatic heterocycles. The quantitative estimate of drug-likeness (QED) is 0.371. The minimum atomic E-state index is -1.32. The van der Waals surface area contributed by atoms with Crippen LogP contribution in [0.25, 0.3) is 0 Å². The fourth-order valence-electron chi connectivity index (χ4n) is 1.92. The zero-order valence-corrected chi connectivity index (χ0v) is 11.8. The van der Waals surface area contributed by atoms with Crippen molar-refractivity contribution in [2.75, 3.05) is 5.73 Å². The lowest BCUT2D eigenvalue weighted by Crippen LogP contribution is -2.26. The minimum absolute atomic E-state index is 0.00289. The highest BCUT2D eigenvalue weighted by molar-refractivity contribution is 5.97. The van der Waals surface area contributed by atoms with Crippen LogP contribution in [0.4, 0.5) is 11.4 Å². The number of nitrogen functional groups attached to an aromatic ring is 1. The van der Waals surface area contributed by atoms with Crippen LogP contribution in [-0.4, -0.2) is 16.8 Å². The number of carbonyl (C=O) groups excluding carboxylic acids is 2. The van der Waals surface area contributed by atoms with Gasteiger partial charge < -0.3 is 16.2 Å². The summed E-state index contributed by atoms with van der Waals surface area (Å²) in [6.07, 6.45) is -1.32. The second-order valence-electron chi connectivity index (χ2n) is 4.63. The third-order valence-electron chi connectivity index (χ3n) is 3.05. The Labute approximate surface area is 130 Å². The molecule has 23 heavy (non-hydrogen) atoms. The van der Waals surface area contributed by atoms with Gasteiger partial charge in [0.2, 0.25) is 6.10 Å². The van der Waals surface area contributed by atoms with E-state index in [0.29, 0.717) is 5.56 Å². The first-order valence-corrected chi connectivity index (χ1v) is 6.49. The fraction of sp³-hybridized carbons (Fsp3) is 0.0667. The molecule has 8 heteroatoms. The Morgan fingerprint density at radius 2 is 1.78 bits per heavy atom. The highest BCUT2D eigenvalue weighted by atomic mass is 16.6. The van der Waals surface area contributed by atoms with Crippen molar-refractivity contribution < 1.29 is 19.2 Å². The molecular formula is C15H13N3O5. The maximum Gasteiger partial charge on any atom is 0.341 e. The molecule has 0 spiro atoms. The van der Waals surface area contributed by atoms with Crippen molar-refractivity contribution in [3.05, 3.63) is 69.8 Å². The number of primary amides is 1. The van der Waals surface area contributed by atoms with Gasteiger partial charge in [0, 0.05) is 23.4 Å². The molecule has 2 rings (SSSR count). The van der Waals surface area contributed by atoms with Crippen molar-refractivity contribution in [2.24, 2.45) is 5.73 Å². The predicted octanol–water partition coefficient (Wildman–Crippen LogP) is 1.56. The molecule has 8 nitrogen and oxygen atoms in total. The lowest BCUT2D eigenvalue weighted by Gasteiger charge is -2.15. The second-order valence-corrected chi connectivity index (χ2v) is 4.63. The van der Waals surface area contributed by atoms with Crippen LogP contribution in [0, 0.1) is 10.1 Å². The summed E-state index contributed by atoms with van der Waals surface area (Å²) in [5, 5.41) is 10.8. The standard InChI is InChI=1S/C15H13N3O5/c16-12-7-6-10(18(21)22)8-11(12)15(20)23-13(14(17)19)9-4-2-1-3-5-9/h1-8,13H,16H2,(H2,17,19). The Kier molecular flexibility index (Phi) is 4.55. The van der Waals surface area contributed by atoms with Crippen LogP contribution in [0.5, 0.6) is 0 Å². The van der Waals surface area contributed by atoms with Gasteiger partial charge in [0.25, 0.3) is 11.6 Å². The third kappa shape index (κ3) is 3.62.